The fraction of sp³-hybridized carbons (Fsp3) is 0.429. The number of amides is 2. The van der Waals surface area contributed by atoms with Crippen LogP contribution in [0.5, 0.6) is 0 Å². The Labute approximate surface area is 123 Å². The van der Waals surface area contributed by atoms with E-state index in [0.717, 1.165) is 4.90 Å². The number of thioether (sulfide) groups is 1. The maximum absolute atomic E-state index is 12.2. The third-order valence-corrected chi connectivity index (χ3v) is 3.79. The Kier molecular flexibility index (Phi) is 6.04. The summed E-state index contributed by atoms with van der Waals surface area (Å²) in [5.74, 6) is -0.320. The van der Waals surface area contributed by atoms with Gasteiger partial charge in [-0.3, -0.25) is 9.59 Å². The van der Waals surface area contributed by atoms with E-state index < -0.39 is 5.54 Å². The van der Waals surface area contributed by atoms with Crippen LogP contribution >= 0.6 is 11.8 Å². The number of carbonyl (C=O) groups excluding carboxylic acids is 2. The Hall–Kier alpha value is -1.53. The predicted molar refractivity (Wildman–Crippen MR) is 82.7 cm³/mol. The van der Waals surface area contributed by atoms with Gasteiger partial charge in [0.15, 0.2) is 0 Å². The molecule has 0 aliphatic carbocycles. The number of primary amides is 1. The molecule has 0 aliphatic heterocycles. The molecule has 0 atom stereocenters. The Bertz CT molecular complexity index is 489. The van der Waals surface area contributed by atoms with Gasteiger partial charge in [0.1, 0.15) is 0 Å². The molecule has 4 N–H and O–H groups in total. The molecule has 0 aliphatic rings. The van der Waals surface area contributed by atoms with Crippen molar-refractivity contribution in [3.8, 4) is 0 Å². The van der Waals surface area contributed by atoms with Gasteiger partial charge in [0, 0.05) is 4.90 Å². The third kappa shape index (κ3) is 4.86. The van der Waals surface area contributed by atoms with E-state index in [2.05, 4.69) is 10.6 Å². The molecule has 0 saturated heterocycles. The summed E-state index contributed by atoms with van der Waals surface area (Å²) >= 11 is 1.31. The van der Waals surface area contributed by atoms with Crippen LogP contribution in [0.4, 0.5) is 5.69 Å². The molecule has 1 aromatic rings. The molecule has 1 aromatic carbocycles. The molecule has 20 heavy (non-hydrogen) atoms. The number of rotatable bonds is 7. The normalized spacial score (nSPS) is 11.2. The summed E-state index contributed by atoms with van der Waals surface area (Å²) in [6, 6.07) is 7.35. The standard InChI is InChI=1S/C14H21N3O2S/c1-4-16-14(2,3)13(19)17-10-7-5-6-8-11(10)20-9-12(15)18/h5-8,16H,4,9H2,1-3H3,(H2,15,18)(H,17,19). The van der Waals surface area contributed by atoms with Crippen molar-refractivity contribution in [3.05, 3.63) is 24.3 Å². The van der Waals surface area contributed by atoms with Gasteiger partial charge in [-0.15, -0.1) is 11.8 Å². The number of anilines is 1. The van der Waals surface area contributed by atoms with Gasteiger partial charge in [0.05, 0.1) is 17.0 Å². The summed E-state index contributed by atoms with van der Waals surface area (Å²) in [5.41, 5.74) is 5.18. The van der Waals surface area contributed by atoms with Gasteiger partial charge in [0.2, 0.25) is 11.8 Å². The van der Waals surface area contributed by atoms with E-state index in [1.807, 2.05) is 45.0 Å². The zero-order chi connectivity index (χ0) is 15.2. The third-order valence-electron chi connectivity index (χ3n) is 2.69. The SMILES string of the molecule is CCNC(C)(C)C(=O)Nc1ccccc1SCC(N)=O. The Balaban J connectivity index is 2.81. The van der Waals surface area contributed by atoms with Gasteiger partial charge in [-0.05, 0) is 32.5 Å². The molecule has 0 heterocycles. The van der Waals surface area contributed by atoms with Crippen LogP contribution in [0.25, 0.3) is 0 Å². The highest BCUT2D eigenvalue weighted by Gasteiger charge is 2.26. The minimum atomic E-state index is -0.657. The fourth-order valence-corrected chi connectivity index (χ4v) is 2.39. The second-order valence-corrected chi connectivity index (χ2v) is 5.88. The van der Waals surface area contributed by atoms with Crippen molar-refractivity contribution < 1.29 is 9.59 Å². The van der Waals surface area contributed by atoms with Crippen molar-refractivity contribution in [2.24, 2.45) is 5.73 Å². The summed E-state index contributed by atoms with van der Waals surface area (Å²) in [6.07, 6.45) is 0. The second kappa shape index (κ2) is 7.31. The Morgan fingerprint density at radius 2 is 1.95 bits per heavy atom. The van der Waals surface area contributed by atoms with E-state index in [-0.39, 0.29) is 17.6 Å². The first-order valence-electron chi connectivity index (χ1n) is 6.43. The molecule has 0 spiro atoms. The van der Waals surface area contributed by atoms with Crippen LogP contribution in [-0.2, 0) is 9.59 Å². The lowest BCUT2D eigenvalue weighted by Crippen LogP contribution is -2.49. The lowest BCUT2D eigenvalue weighted by molar-refractivity contribution is -0.121. The minimum absolute atomic E-state index is 0.119. The average molecular weight is 295 g/mol. The molecule has 110 valence electrons. The summed E-state index contributed by atoms with van der Waals surface area (Å²) < 4.78 is 0. The largest absolute Gasteiger partial charge is 0.369 e. The van der Waals surface area contributed by atoms with Crippen molar-refractivity contribution in [2.75, 3.05) is 17.6 Å². The zero-order valence-electron chi connectivity index (χ0n) is 12.0. The van der Waals surface area contributed by atoms with Gasteiger partial charge >= 0.3 is 0 Å². The van der Waals surface area contributed by atoms with Gasteiger partial charge in [0.25, 0.3) is 0 Å². The number of benzene rings is 1. The molecule has 5 nitrogen and oxygen atoms in total. The predicted octanol–water partition coefficient (Wildman–Crippen LogP) is 1.59. The van der Waals surface area contributed by atoms with E-state index in [1.165, 1.54) is 11.8 Å². The maximum atomic E-state index is 12.2. The number of hydrogen-bond donors (Lipinski definition) is 3. The molecular formula is C14H21N3O2S. The molecule has 0 aromatic heterocycles. The summed E-state index contributed by atoms with van der Waals surface area (Å²) in [6.45, 7) is 6.31. The van der Waals surface area contributed by atoms with Gasteiger partial charge in [-0.1, -0.05) is 19.1 Å². The van der Waals surface area contributed by atoms with Gasteiger partial charge in [-0.2, -0.15) is 0 Å². The molecule has 0 fully saturated rings. The Morgan fingerprint density at radius 1 is 1.30 bits per heavy atom. The van der Waals surface area contributed by atoms with Crippen LogP contribution in [0.2, 0.25) is 0 Å². The highest BCUT2D eigenvalue weighted by atomic mass is 32.2. The van der Waals surface area contributed by atoms with E-state index in [4.69, 9.17) is 5.73 Å². The van der Waals surface area contributed by atoms with Crippen molar-refractivity contribution >= 4 is 29.3 Å². The number of para-hydroxylation sites is 1. The molecule has 0 unspecified atom stereocenters. The maximum Gasteiger partial charge on any atom is 0.244 e. The van der Waals surface area contributed by atoms with Crippen molar-refractivity contribution in [1.29, 1.82) is 0 Å². The van der Waals surface area contributed by atoms with E-state index in [9.17, 15) is 9.59 Å². The van der Waals surface area contributed by atoms with Crippen molar-refractivity contribution in [2.45, 2.75) is 31.2 Å². The number of hydrogen-bond acceptors (Lipinski definition) is 4. The van der Waals surface area contributed by atoms with Gasteiger partial charge < -0.3 is 16.4 Å². The topological polar surface area (TPSA) is 84.2 Å². The number of nitrogens with one attached hydrogen (secondary N) is 2. The zero-order valence-corrected chi connectivity index (χ0v) is 12.8. The first-order valence-corrected chi connectivity index (χ1v) is 7.42. The van der Waals surface area contributed by atoms with Crippen LogP contribution in [0.15, 0.2) is 29.2 Å². The molecule has 0 saturated carbocycles. The van der Waals surface area contributed by atoms with Crippen molar-refractivity contribution in [3.63, 3.8) is 0 Å². The van der Waals surface area contributed by atoms with E-state index in [1.54, 1.807) is 0 Å². The van der Waals surface area contributed by atoms with Crippen molar-refractivity contribution in [1.82, 2.24) is 5.32 Å². The minimum Gasteiger partial charge on any atom is -0.369 e. The molecule has 2 amide bonds. The monoisotopic (exact) mass is 295 g/mol. The summed E-state index contributed by atoms with van der Waals surface area (Å²) in [4.78, 5) is 23.9. The van der Waals surface area contributed by atoms with E-state index in [0.29, 0.717) is 12.2 Å². The number of likely N-dealkylation sites (N-methyl/N-ethyl adjacent to an activating group) is 1. The summed E-state index contributed by atoms with van der Waals surface area (Å²) in [5, 5.41) is 6.00. The highest BCUT2D eigenvalue weighted by Crippen LogP contribution is 2.27. The molecule has 0 radical (unpaired) electrons. The molecule has 6 heteroatoms. The first kappa shape index (κ1) is 16.5. The van der Waals surface area contributed by atoms with Gasteiger partial charge in [-0.25, -0.2) is 0 Å². The molecule has 0 bridgehead atoms. The van der Waals surface area contributed by atoms with Crippen LogP contribution < -0.4 is 16.4 Å². The van der Waals surface area contributed by atoms with E-state index >= 15 is 0 Å². The summed E-state index contributed by atoms with van der Waals surface area (Å²) in [7, 11) is 0. The van der Waals surface area contributed by atoms with Crippen LogP contribution in [0.3, 0.4) is 0 Å². The Morgan fingerprint density at radius 3 is 2.55 bits per heavy atom. The first-order chi connectivity index (χ1) is 9.36. The fourth-order valence-electron chi connectivity index (χ4n) is 1.65. The number of nitrogens with two attached hydrogens (primary N) is 1. The molecule has 1 rings (SSSR count). The van der Waals surface area contributed by atoms with Crippen LogP contribution in [0.1, 0.15) is 20.8 Å². The quantitative estimate of drug-likeness (QED) is 0.667. The lowest BCUT2D eigenvalue weighted by atomic mass is 10.0. The second-order valence-electron chi connectivity index (χ2n) is 4.86. The highest BCUT2D eigenvalue weighted by molar-refractivity contribution is 8.00. The molecular weight excluding hydrogens is 274 g/mol. The van der Waals surface area contributed by atoms with Crippen LogP contribution in [-0.4, -0.2) is 29.7 Å². The average Bonchev–Trinajstić information content (AvgIpc) is 2.37. The van der Waals surface area contributed by atoms with Crippen LogP contribution in [0, 0.1) is 0 Å². The smallest absolute Gasteiger partial charge is 0.244 e. The lowest BCUT2D eigenvalue weighted by Gasteiger charge is -2.25. The number of carbonyl (C=O) groups is 2.